The van der Waals surface area contributed by atoms with Gasteiger partial charge in [-0.2, -0.15) is 0 Å². The smallest absolute Gasteiger partial charge is 0.116 e. The Morgan fingerprint density at radius 3 is 2.85 bits per heavy atom. The van der Waals surface area contributed by atoms with Crippen molar-refractivity contribution in [3.05, 3.63) is 35.4 Å². The Bertz CT molecular complexity index is 347. The van der Waals surface area contributed by atoms with Crippen LogP contribution in [0, 0.1) is 0 Å². The fourth-order valence-corrected chi connectivity index (χ4v) is 1.72. The molecule has 0 aromatic heterocycles. The fourth-order valence-electron chi connectivity index (χ4n) is 1.72. The van der Waals surface area contributed by atoms with Gasteiger partial charge in [0, 0.05) is 5.56 Å². The second kappa shape index (κ2) is 3.18. The van der Waals surface area contributed by atoms with Crippen molar-refractivity contribution in [3.63, 3.8) is 0 Å². The van der Waals surface area contributed by atoms with Gasteiger partial charge < -0.3 is 10.3 Å². The third-order valence-corrected chi connectivity index (χ3v) is 2.40. The minimum atomic E-state index is -0.625. The number of aliphatic hydroxyl groups is 1. The van der Waals surface area contributed by atoms with Crippen molar-refractivity contribution in [2.24, 2.45) is 5.16 Å². The van der Waals surface area contributed by atoms with Gasteiger partial charge in [-0.25, -0.2) is 0 Å². The molecule has 2 N–H and O–H groups in total. The van der Waals surface area contributed by atoms with E-state index in [0.29, 0.717) is 12.1 Å². The highest BCUT2D eigenvalue weighted by molar-refractivity contribution is 6.05. The number of benzene rings is 1. The van der Waals surface area contributed by atoms with Crippen LogP contribution in [0.3, 0.4) is 0 Å². The second-order valence-corrected chi connectivity index (χ2v) is 3.20. The van der Waals surface area contributed by atoms with E-state index in [-0.39, 0.29) is 0 Å². The zero-order chi connectivity index (χ0) is 9.26. The number of fused-ring (bicyclic) bond motifs is 1. The summed E-state index contributed by atoms with van der Waals surface area (Å²) in [7, 11) is 0. The van der Waals surface area contributed by atoms with Crippen LogP contribution in [-0.4, -0.2) is 22.1 Å². The Labute approximate surface area is 76.3 Å². The van der Waals surface area contributed by atoms with E-state index < -0.39 is 6.10 Å². The molecule has 1 unspecified atom stereocenters. The zero-order valence-electron chi connectivity index (χ0n) is 7.14. The maximum Gasteiger partial charge on any atom is 0.116 e. The van der Waals surface area contributed by atoms with Crippen LogP contribution in [0.15, 0.2) is 29.4 Å². The lowest BCUT2D eigenvalue weighted by molar-refractivity contribution is 0.218. The Balaban J connectivity index is 2.52. The summed E-state index contributed by atoms with van der Waals surface area (Å²) in [6, 6.07) is 7.69. The minimum Gasteiger partial charge on any atom is -0.411 e. The summed E-state index contributed by atoms with van der Waals surface area (Å²) in [4.78, 5) is 0. The third-order valence-electron chi connectivity index (χ3n) is 2.40. The monoisotopic (exact) mass is 177 g/mol. The van der Waals surface area contributed by atoms with Gasteiger partial charge in [0.2, 0.25) is 0 Å². The van der Waals surface area contributed by atoms with Crippen LogP contribution < -0.4 is 0 Å². The van der Waals surface area contributed by atoms with Gasteiger partial charge in [0.05, 0.1) is 0 Å². The van der Waals surface area contributed by atoms with E-state index in [0.717, 1.165) is 17.5 Å². The molecule has 1 aromatic carbocycles. The molecule has 68 valence electrons. The average Bonchev–Trinajstić information content (AvgIpc) is 2.18. The molecule has 0 radical (unpaired) electrons. The van der Waals surface area contributed by atoms with Crippen molar-refractivity contribution in [2.45, 2.75) is 18.9 Å². The topological polar surface area (TPSA) is 52.8 Å². The van der Waals surface area contributed by atoms with Gasteiger partial charge in [-0.05, 0) is 18.4 Å². The van der Waals surface area contributed by atoms with E-state index in [9.17, 15) is 5.11 Å². The summed E-state index contributed by atoms with van der Waals surface area (Å²) in [6.45, 7) is 0. The number of oxime groups is 1. The molecule has 0 saturated heterocycles. The molecule has 0 spiro atoms. The Morgan fingerprint density at radius 1 is 1.31 bits per heavy atom. The van der Waals surface area contributed by atoms with Crippen molar-refractivity contribution < 1.29 is 10.3 Å². The van der Waals surface area contributed by atoms with Crippen molar-refractivity contribution in [1.29, 1.82) is 0 Å². The molecule has 0 aliphatic heterocycles. The van der Waals surface area contributed by atoms with E-state index in [1.807, 2.05) is 24.3 Å². The maximum atomic E-state index is 9.52. The summed E-state index contributed by atoms with van der Waals surface area (Å²) in [5, 5.41) is 21.4. The molecule has 1 aliphatic rings. The first-order valence-electron chi connectivity index (χ1n) is 4.31. The first kappa shape index (κ1) is 8.26. The largest absolute Gasteiger partial charge is 0.411 e. The summed E-state index contributed by atoms with van der Waals surface area (Å²) in [5.41, 5.74) is 2.39. The Hall–Kier alpha value is -1.35. The lowest BCUT2D eigenvalue weighted by Crippen LogP contribution is -2.27. The standard InChI is InChI=1S/C10H11NO2/c12-9-6-5-7-3-1-2-4-8(7)10(9)11-13/h1-4,9,12-13H,5-6H2. The van der Waals surface area contributed by atoms with E-state index in [1.165, 1.54) is 0 Å². The molecule has 0 heterocycles. The molecular weight excluding hydrogens is 166 g/mol. The van der Waals surface area contributed by atoms with Crippen molar-refractivity contribution in [3.8, 4) is 0 Å². The Morgan fingerprint density at radius 2 is 2.08 bits per heavy atom. The molecule has 3 nitrogen and oxygen atoms in total. The van der Waals surface area contributed by atoms with E-state index in [1.54, 1.807) is 0 Å². The van der Waals surface area contributed by atoms with Gasteiger partial charge in [0.25, 0.3) is 0 Å². The predicted molar refractivity (Wildman–Crippen MR) is 49.1 cm³/mol. The lowest BCUT2D eigenvalue weighted by atomic mass is 9.88. The van der Waals surface area contributed by atoms with Crippen molar-refractivity contribution >= 4 is 5.71 Å². The van der Waals surface area contributed by atoms with Gasteiger partial charge >= 0.3 is 0 Å². The zero-order valence-corrected chi connectivity index (χ0v) is 7.14. The van der Waals surface area contributed by atoms with Crippen LogP contribution in [0.5, 0.6) is 0 Å². The predicted octanol–water partition coefficient (Wildman–Crippen LogP) is 1.17. The van der Waals surface area contributed by atoms with Crippen LogP contribution in [-0.2, 0) is 6.42 Å². The van der Waals surface area contributed by atoms with Crippen molar-refractivity contribution in [1.82, 2.24) is 0 Å². The van der Waals surface area contributed by atoms with Crippen LogP contribution in [0.2, 0.25) is 0 Å². The number of hydrogen-bond donors (Lipinski definition) is 2. The second-order valence-electron chi connectivity index (χ2n) is 3.20. The average molecular weight is 177 g/mol. The fraction of sp³-hybridized carbons (Fsp3) is 0.300. The van der Waals surface area contributed by atoms with Crippen LogP contribution >= 0.6 is 0 Å². The molecule has 1 aromatic rings. The maximum absolute atomic E-state index is 9.52. The van der Waals surface area contributed by atoms with Crippen LogP contribution in [0.1, 0.15) is 17.5 Å². The number of aliphatic hydroxyl groups excluding tert-OH is 1. The SMILES string of the molecule is ON=C1c2ccccc2CCC1O. The van der Waals surface area contributed by atoms with Crippen molar-refractivity contribution in [2.75, 3.05) is 0 Å². The van der Waals surface area contributed by atoms with Gasteiger partial charge in [0.1, 0.15) is 11.8 Å². The van der Waals surface area contributed by atoms with Gasteiger partial charge in [-0.15, -0.1) is 0 Å². The summed E-state index contributed by atoms with van der Waals surface area (Å²) in [5.74, 6) is 0. The Kier molecular flexibility index (Phi) is 2.02. The number of aryl methyl sites for hydroxylation is 1. The van der Waals surface area contributed by atoms with Gasteiger partial charge in [-0.3, -0.25) is 0 Å². The molecular formula is C10H11NO2. The lowest BCUT2D eigenvalue weighted by Gasteiger charge is -2.21. The molecule has 0 fully saturated rings. The normalized spacial score (nSPS) is 24.4. The van der Waals surface area contributed by atoms with E-state index in [2.05, 4.69) is 5.16 Å². The highest BCUT2D eigenvalue weighted by atomic mass is 16.4. The first-order chi connectivity index (χ1) is 6.33. The van der Waals surface area contributed by atoms with Gasteiger partial charge in [0.15, 0.2) is 0 Å². The van der Waals surface area contributed by atoms with Crippen LogP contribution in [0.4, 0.5) is 0 Å². The van der Waals surface area contributed by atoms with Crippen LogP contribution in [0.25, 0.3) is 0 Å². The quantitative estimate of drug-likeness (QED) is 0.461. The molecule has 1 aliphatic carbocycles. The number of nitrogens with zero attached hydrogens (tertiary/aromatic N) is 1. The molecule has 3 heteroatoms. The molecule has 13 heavy (non-hydrogen) atoms. The molecule has 0 saturated carbocycles. The number of hydrogen-bond acceptors (Lipinski definition) is 3. The first-order valence-corrected chi connectivity index (χ1v) is 4.31. The minimum absolute atomic E-state index is 0.391. The molecule has 2 rings (SSSR count). The molecule has 0 bridgehead atoms. The van der Waals surface area contributed by atoms with E-state index in [4.69, 9.17) is 5.21 Å². The summed E-state index contributed by atoms with van der Waals surface area (Å²) < 4.78 is 0. The molecule has 0 amide bonds. The molecule has 1 atom stereocenters. The number of rotatable bonds is 0. The van der Waals surface area contributed by atoms with E-state index >= 15 is 0 Å². The summed E-state index contributed by atoms with van der Waals surface area (Å²) in [6.07, 6.45) is 0.854. The van der Waals surface area contributed by atoms with Gasteiger partial charge in [-0.1, -0.05) is 29.4 Å². The highest BCUT2D eigenvalue weighted by Gasteiger charge is 2.23. The third kappa shape index (κ3) is 1.31. The summed E-state index contributed by atoms with van der Waals surface area (Å²) >= 11 is 0. The highest BCUT2D eigenvalue weighted by Crippen LogP contribution is 2.21.